The average molecular weight is 254 g/mol. The molecule has 1 aromatic carbocycles. The first-order valence-electron chi connectivity index (χ1n) is 5.12. The van der Waals surface area contributed by atoms with Crippen molar-refractivity contribution in [3.63, 3.8) is 0 Å². The van der Waals surface area contributed by atoms with Crippen LogP contribution in [0.15, 0.2) is 18.2 Å². The summed E-state index contributed by atoms with van der Waals surface area (Å²) in [5, 5.41) is 2.65. The number of benzene rings is 1. The van der Waals surface area contributed by atoms with Gasteiger partial charge >= 0.3 is 0 Å². The van der Waals surface area contributed by atoms with E-state index in [0.29, 0.717) is 5.56 Å². The van der Waals surface area contributed by atoms with Gasteiger partial charge in [-0.25, -0.2) is 4.39 Å². The average Bonchev–Trinajstić information content (AvgIpc) is 2.15. The summed E-state index contributed by atoms with van der Waals surface area (Å²) in [5.41, 5.74) is 5.64. The van der Waals surface area contributed by atoms with E-state index in [1.807, 2.05) is 0 Å². The molecule has 1 aromatic rings. The molecule has 0 aliphatic heterocycles. The van der Waals surface area contributed by atoms with Crippen LogP contribution in [0.2, 0.25) is 0 Å². The second-order valence-corrected chi connectivity index (χ2v) is 4.90. The van der Waals surface area contributed by atoms with E-state index >= 15 is 0 Å². The van der Waals surface area contributed by atoms with Crippen molar-refractivity contribution in [3.8, 4) is 0 Å². The largest absolute Gasteiger partial charge is 0.391 e. The molecule has 0 saturated heterocycles. The summed E-state index contributed by atoms with van der Waals surface area (Å²) in [6.45, 7) is 5.11. The number of hydrogen-bond donors (Lipinski definition) is 2. The topological polar surface area (TPSA) is 55.1 Å². The van der Waals surface area contributed by atoms with E-state index in [-0.39, 0.29) is 10.6 Å². The van der Waals surface area contributed by atoms with Crippen LogP contribution in [-0.4, -0.2) is 16.4 Å². The Morgan fingerprint density at radius 1 is 1.41 bits per heavy atom. The number of rotatable bonds is 3. The fourth-order valence-corrected chi connectivity index (χ4v) is 1.34. The zero-order valence-electron chi connectivity index (χ0n) is 10.0. The lowest BCUT2D eigenvalue weighted by Gasteiger charge is -2.24. The van der Waals surface area contributed by atoms with Crippen molar-refractivity contribution in [2.24, 2.45) is 5.73 Å². The quantitative estimate of drug-likeness (QED) is 0.810. The highest BCUT2D eigenvalue weighted by Gasteiger charge is 2.24. The Balaban J connectivity index is 2.94. The van der Waals surface area contributed by atoms with Crippen molar-refractivity contribution >= 4 is 23.1 Å². The van der Waals surface area contributed by atoms with Gasteiger partial charge in [0, 0.05) is 5.56 Å². The maximum Gasteiger partial charge on any atom is 0.252 e. The predicted molar refractivity (Wildman–Crippen MR) is 69.5 cm³/mol. The van der Waals surface area contributed by atoms with E-state index in [1.165, 1.54) is 12.1 Å². The van der Waals surface area contributed by atoms with Gasteiger partial charge in [-0.2, -0.15) is 0 Å². The van der Waals surface area contributed by atoms with Gasteiger partial charge in [0.25, 0.3) is 5.91 Å². The molecule has 1 rings (SSSR count). The zero-order chi connectivity index (χ0) is 13.2. The fourth-order valence-electron chi connectivity index (χ4n) is 1.29. The van der Waals surface area contributed by atoms with Crippen LogP contribution >= 0.6 is 12.2 Å². The SMILES string of the molecule is Cc1cc(F)cc(C(=O)NC(C)(C)C(N)=S)c1. The molecule has 17 heavy (non-hydrogen) atoms. The van der Waals surface area contributed by atoms with Crippen LogP contribution in [0.4, 0.5) is 4.39 Å². The smallest absolute Gasteiger partial charge is 0.252 e. The first kappa shape index (κ1) is 13.6. The van der Waals surface area contributed by atoms with Crippen molar-refractivity contribution < 1.29 is 9.18 Å². The number of halogens is 1. The van der Waals surface area contributed by atoms with E-state index in [0.717, 1.165) is 0 Å². The van der Waals surface area contributed by atoms with Gasteiger partial charge in [0.2, 0.25) is 0 Å². The Labute approximate surface area is 105 Å². The van der Waals surface area contributed by atoms with E-state index in [1.54, 1.807) is 26.8 Å². The molecule has 0 atom stereocenters. The summed E-state index contributed by atoms with van der Waals surface area (Å²) in [7, 11) is 0. The van der Waals surface area contributed by atoms with Crippen molar-refractivity contribution in [3.05, 3.63) is 35.1 Å². The van der Waals surface area contributed by atoms with Gasteiger partial charge < -0.3 is 11.1 Å². The molecule has 0 radical (unpaired) electrons. The van der Waals surface area contributed by atoms with Crippen LogP contribution in [0.3, 0.4) is 0 Å². The molecule has 0 unspecified atom stereocenters. The summed E-state index contributed by atoms with van der Waals surface area (Å²) in [6, 6.07) is 4.14. The second kappa shape index (κ2) is 4.79. The molecule has 92 valence electrons. The van der Waals surface area contributed by atoms with Crippen molar-refractivity contribution in [1.29, 1.82) is 0 Å². The molecule has 0 aromatic heterocycles. The lowest BCUT2D eigenvalue weighted by atomic mass is 10.0. The van der Waals surface area contributed by atoms with Crippen LogP contribution in [-0.2, 0) is 0 Å². The molecular weight excluding hydrogens is 239 g/mol. The molecular formula is C12H15FN2OS. The summed E-state index contributed by atoms with van der Waals surface area (Å²) in [6.07, 6.45) is 0. The van der Waals surface area contributed by atoms with Gasteiger partial charge in [0.1, 0.15) is 5.82 Å². The van der Waals surface area contributed by atoms with Crippen LogP contribution in [0.5, 0.6) is 0 Å². The first-order valence-corrected chi connectivity index (χ1v) is 5.53. The third kappa shape index (κ3) is 3.49. The van der Waals surface area contributed by atoms with Gasteiger partial charge in [-0.3, -0.25) is 4.79 Å². The van der Waals surface area contributed by atoms with Gasteiger partial charge in [-0.15, -0.1) is 0 Å². The number of nitrogens with two attached hydrogens (primary N) is 1. The number of carbonyl (C=O) groups is 1. The molecule has 0 aliphatic carbocycles. The minimum Gasteiger partial charge on any atom is -0.391 e. The molecule has 3 N–H and O–H groups in total. The van der Waals surface area contributed by atoms with E-state index in [4.69, 9.17) is 18.0 Å². The lowest BCUT2D eigenvalue weighted by Crippen LogP contribution is -2.52. The molecule has 0 fully saturated rings. The normalized spacial score (nSPS) is 11.1. The molecule has 1 amide bonds. The lowest BCUT2D eigenvalue weighted by molar-refractivity contribution is 0.0931. The molecule has 3 nitrogen and oxygen atoms in total. The summed E-state index contributed by atoms with van der Waals surface area (Å²) < 4.78 is 13.1. The number of hydrogen-bond acceptors (Lipinski definition) is 2. The van der Waals surface area contributed by atoms with Crippen LogP contribution in [0.1, 0.15) is 29.8 Å². The Morgan fingerprint density at radius 2 is 2.00 bits per heavy atom. The summed E-state index contributed by atoms with van der Waals surface area (Å²) in [4.78, 5) is 12.1. The third-order valence-corrected chi connectivity index (χ3v) is 2.86. The first-order chi connectivity index (χ1) is 7.72. The highest BCUT2D eigenvalue weighted by atomic mass is 32.1. The Hall–Kier alpha value is -1.49. The number of nitrogens with one attached hydrogen (secondary N) is 1. The monoisotopic (exact) mass is 254 g/mol. The van der Waals surface area contributed by atoms with E-state index in [9.17, 15) is 9.18 Å². The number of amides is 1. The molecule has 5 heteroatoms. The molecule has 0 spiro atoms. The van der Waals surface area contributed by atoms with Gasteiger partial charge in [-0.05, 0) is 44.5 Å². The number of carbonyl (C=O) groups excluding carboxylic acids is 1. The number of thiocarbonyl (C=S) groups is 1. The third-order valence-electron chi connectivity index (χ3n) is 2.35. The van der Waals surface area contributed by atoms with Gasteiger partial charge in [0.05, 0.1) is 10.5 Å². The molecule has 0 bridgehead atoms. The van der Waals surface area contributed by atoms with Gasteiger partial charge in [-0.1, -0.05) is 12.2 Å². The standard InChI is InChI=1S/C12H15FN2OS/c1-7-4-8(6-9(13)5-7)10(16)15-12(2,3)11(14)17/h4-6H,1-3H3,(H2,14,17)(H,15,16). The van der Waals surface area contributed by atoms with E-state index < -0.39 is 17.3 Å². The van der Waals surface area contributed by atoms with E-state index in [2.05, 4.69) is 5.32 Å². The van der Waals surface area contributed by atoms with Gasteiger partial charge in [0.15, 0.2) is 0 Å². The summed E-state index contributed by atoms with van der Waals surface area (Å²) >= 11 is 4.84. The van der Waals surface area contributed by atoms with Crippen molar-refractivity contribution in [1.82, 2.24) is 5.32 Å². The fraction of sp³-hybridized carbons (Fsp3) is 0.333. The second-order valence-electron chi connectivity index (χ2n) is 4.46. The van der Waals surface area contributed by atoms with Crippen LogP contribution in [0.25, 0.3) is 0 Å². The number of aryl methyl sites for hydroxylation is 1. The zero-order valence-corrected chi connectivity index (χ0v) is 10.8. The Bertz CT molecular complexity index is 451. The highest BCUT2D eigenvalue weighted by Crippen LogP contribution is 2.10. The Kier molecular flexibility index (Phi) is 3.83. The summed E-state index contributed by atoms with van der Waals surface area (Å²) in [5.74, 6) is -0.839. The van der Waals surface area contributed by atoms with Crippen LogP contribution < -0.4 is 11.1 Å². The van der Waals surface area contributed by atoms with Crippen LogP contribution in [0, 0.1) is 12.7 Å². The van der Waals surface area contributed by atoms with Crippen molar-refractivity contribution in [2.45, 2.75) is 26.3 Å². The maximum absolute atomic E-state index is 13.1. The minimum absolute atomic E-state index is 0.180. The molecule has 0 heterocycles. The van der Waals surface area contributed by atoms with Crippen molar-refractivity contribution in [2.75, 3.05) is 0 Å². The molecule has 0 saturated carbocycles. The minimum atomic E-state index is -0.799. The maximum atomic E-state index is 13.1. The highest BCUT2D eigenvalue weighted by molar-refractivity contribution is 7.80. The Morgan fingerprint density at radius 3 is 2.47 bits per heavy atom. The molecule has 0 aliphatic rings. The predicted octanol–water partition coefficient (Wildman–Crippen LogP) is 1.93.